The number of aryl methyl sites for hydroxylation is 1. The fourth-order valence-corrected chi connectivity index (χ4v) is 3.79. The number of benzene rings is 2. The molecule has 0 fully saturated rings. The molecule has 0 aromatic heterocycles. The number of phenolic OH excluding ortho intramolecular Hbond substituents is 2. The zero-order chi connectivity index (χ0) is 14.4. The predicted octanol–water partition coefficient (Wildman–Crippen LogP) is 3.14. The number of hydrogen-bond donors (Lipinski definition) is 2. The second-order valence-electron chi connectivity index (χ2n) is 6.18. The highest BCUT2D eigenvalue weighted by molar-refractivity contribution is 5.50. The maximum atomic E-state index is 9.98. The van der Waals surface area contributed by atoms with E-state index in [4.69, 9.17) is 0 Å². The number of nitrogens with zero attached hydrogens (tertiary/aromatic N) is 1. The van der Waals surface area contributed by atoms with Crippen molar-refractivity contribution in [3.63, 3.8) is 0 Å². The number of aromatic hydroxyl groups is 2. The fraction of sp³-hybridized carbons (Fsp3) is 0.333. The van der Waals surface area contributed by atoms with E-state index in [9.17, 15) is 10.2 Å². The number of phenols is 2. The Balaban J connectivity index is 1.53. The summed E-state index contributed by atoms with van der Waals surface area (Å²) in [5.41, 5.74) is 5.00. The molecule has 0 spiro atoms. The molecule has 1 aliphatic carbocycles. The van der Waals surface area contributed by atoms with Crippen LogP contribution in [-0.4, -0.2) is 21.7 Å². The second kappa shape index (κ2) is 4.78. The first-order chi connectivity index (χ1) is 10.2. The normalized spacial score (nSPS) is 20.5. The lowest BCUT2D eigenvalue weighted by Crippen LogP contribution is -2.22. The molecule has 0 saturated heterocycles. The minimum Gasteiger partial charge on any atom is -0.504 e. The summed E-state index contributed by atoms with van der Waals surface area (Å²) in [5.74, 6) is 0.634. The summed E-state index contributed by atoms with van der Waals surface area (Å²) in [5, 5.41) is 19.6. The summed E-state index contributed by atoms with van der Waals surface area (Å²) in [6.45, 7) is 2.61. The van der Waals surface area contributed by atoms with E-state index in [0.29, 0.717) is 5.92 Å². The van der Waals surface area contributed by atoms with Crippen LogP contribution >= 0.6 is 0 Å². The van der Waals surface area contributed by atoms with Crippen molar-refractivity contribution >= 4 is 0 Å². The highest BCUT2D eigenvalue weighted by Gasteiger charge is 2.28. The molecule has 0 bridgehead atoms. The molecule has 0 amide bonds. The summed E-state index contributed by atoms with van der Waals surface area (Å²) in [7, 11) is 0. The summed E-state index contributed by atoms with van der Waals surface area (Å²) in [6.07, 6.45) is 2.39. The first-order valence-electron chi connectivity index (χ1n) is 7.55. The van der Waals surface area contributed by atoms with Crippen LogP contribution in [0.5, 0.6) is 11.5 Å². The summed E-state index contributed by atoms with van der Waals surface area (Å²) in [6, 6.07) is 12.2. The van der Waals surface area contributed by atoms with Gasteiger partial charge in [-0.3, -0.25) is 4.90 Å². The van der Waals surface area contributed by atoms with Crippen LogP contribution in [0, 0.1) is 0 Å². The van der Waals surface area contributed by atoms with Gasteiger partial charge in [-0.25, -0.2) is 0 Å². The minimum atomic E-state index is -0.0122. The van der Waals surface area contributed by atoms with E-state index in [0.717, 1.165) is 30.8 Å². The van der Waals surface area contributed by atoms with Crippen LogP contribution in [0.15, 0.2) is 36.4 Å². The molecule has 2 aliphatic rings. The smallest absolute Gasteiger partial charge is 0.162 e. The van der Waals surface area contributed by atoms with Gasteiger partial charge < -0.3 is 10.2 Å². The van der Waals surface area contributed by atoms with Crippen molar-refractivity contribution in [2.45, 2.75) is 31.8 Å². The Labute approximate surface area is 124 Å². The molecule has 3 heteroatoms. The molecule has 3 nitrogen and oxygen atoms in total. The fourth-order valence-electron chi connectivity index (χ4n) is 3.79. The van der Waals surface area contributed by atoms with E-state index >= 15 is 0 Å². The Hall–Kier alpha value is -2.00. The molecule has 4 rings (SSSR count). The van der Waals surface area contributed by atoms with Crippen LogP contribution in [0.25, 0.3) is 0 Å². The van der Waals surface area contributed by atoms with Crippen molar-refractivity contribution in [3.05, 3.63) is 58.7 Å². The van der Waals surface area contributed by atoms with Crippen molar-refractivity contribution in [2.75, 3.05) is 6.54 Å². The van der Waals surface area contributed by atoms with Crippen LogP contribution < -0.4 is 0 Å². The number of rotatable bonds is 2. The lowest BCUT2D eigenvalue weighted by atomic mass is 10.0. The quantitative estimate of drug-likeness (QED) is 0.831. The Morgan fingerprint density at radius 3 is 2.76 bits per heavy atom. The van der Waals surface area contributed by atoms with Gasteiger partial charge in [-0.15, -0.1) is 0 Å². The van der Waals surface area contributed by atoms with Crippen LogP contribution in [0.4, 0.5) is 0 Å². The van der Waals surface area contributed by atoms with Crippen LogP contribution in [0.1, 0.15) is 34.6 Å². The second-order valence-corrected chi connectivity index (χ2v) is 6.18. The van der Waals surface area contributed by atoms with E-state index in [-0.39, 0.29) is 11.5 Å². The van der Waals surface area contributed by atoms with Crippen molar-refractivity contribution in [3.8, 4) is 11.5 Å². The Kier molecular flexibility index (Phi) is 2.89. The van der Waals surface area contributed by atoms with Crippen LogP contribution in [0.3, 0.4) is 0 Å². The molecule has 21 heavy (non-hydrogen) atoms. The molecule has 0 saturated carbocycles. The summed E-state index contributed by atoms with van der Waals surface area (Å²) < 4.78 is 0. The van der Waals surface area contributed by atoms with Gasteiger partial charge in [0.15, 0.2) is 11.5 Å². The Bertz CT molecular complexity index is 696. The highest BCUT2D eigenvalue weighted by Crippen LogP contribution is 2.39. The largest absolute Gasteiger partial charge is 0.504 e. The monoisotopic (exact) mass is 281 g/mol. The topological polar surface area (TPSA) is 43.7 Å². The highest BCUT2D eigenvalue weighted by atomic mass is 16.3. The molecule has 2 aromatic rings. The Morgan fingerprint density at radius 2 is 1.86 bits per heavy atom. The third kappa shape index (κ3) is 2.09. The van der Waals surface area contributed by atoms with Gasteiger partial charge in [-0.05, 0) is 41.5 Å². The molecule has 1 atom stereocenters. The third-order valence-electron chi connectivity index (χ3n) is 4.87. The van der Waals surface area contributed by atoms with Gasteiger partial charge in [-0.2, -0.15) is 0 Å². The molecule has 2 aromatic carbocycles. The average molecular weight is 281 g/mol. The first-order valence-corrected chi connectivity index (χ1v) is 7.55. The lowest BCUT2D eigenvalue weighted by Gasteiger charge is -2.20. The van der Waals surface area contributed by atoms with Crippen LogP contribution in [-0.2, 0) is 19.5 Å². The zero-order valence-corrected chi connectivity index (χ0v) is 11.9. The molecule has 1 unspecified atom stereocenters. The SMILES string of the molecule is Oc1ccc2c(c1O)CN(CC1CCc3ccccc31)C2. The lowest BCUT2D eigenvalue weighted by molar-refractivity contribution is 0.261. The molecular weight excluding hydrogens is 262 g/mol. The maximum Gasteiger partial charge on any atom is 0.162 e. The van der Waals surface area contributed by atoms with Crippen molar-refractivity contribution in [1.29, 1.82) is 0 Å². The Morgan fingerprint density at radius 1 is 1.00 bits per heavy atom. The van der Waals surface area contributed by atoms with Gasteiger partial charge in [0.25, 0.3) is 0 Å². The minimum absolute atomic E-state index is 0.0122. The third-order valence-corrected chi connectivity index (χ3v) is 4.87. The molecular formula is C18H19NO2. The number of hydrogen-bond acceptors (Lipinski definition) is 3. The van der Waals surface area contributed by atoms with E-state index in [2.05, 4.69) is 29.2 Å². The van der Waals surface area contributed by atoms with Gasteiger partial charge in [0.1, 0.15) is 0 Å². The van der Waals surface area contributed by atoms with Gasteiger partial charge in [0.05, 0.1) is 0 Å². The van der Waals surface area contributed by atoms with E-state index in [1.54, 1.807) is 6.07 Å². The summed E-state index contributed by atoms with van der Waals surface area (Å²) >= 11 is 0. The van der Waals surface area contributed by atoms with E-state index < -0.39 is 0 Å². The van der Waals surface area contributed by atoms with Gasteiger partial charge in [0, 0.05) is 25.2 Å². The number of fused-ring (bicyclic) bond motifs is 2. The molecule has 0 radical (unpaired) electrons. The molecule has 1 heterocycles. The standard InChI is InChI=1S/C18H19NO2/c20-17-8-7-14-10-19(11-16(14)18(17)21)9-13-6-5-12-3-1-2-4-15(12)13/h1-4,7-8,13,20-21H,5-6,9-11H2. The van der Waals surface area contributed by atoms with Gasteiger partial charge >= 0.3 is 0 Å². The predicted molar refractivity (Wildman–Crippen MR) is 81.4 cm³/mol. The zero-order valence-electron chi connectivity index (χ0n) is 11.9. The van der Waals surface area contributed by atoms with Gasteiger partial charge in [0.2, 0.25) is 0 Å². The van der Waals surface area contributed by atoms with Crippen LogP contribution in [0.2, 0.25) is 0 Å². The van der Waals surface area contributed by atoms with Crippen molar-refractivity contribution < 1.29 is 10.2 Å². The molecule has 1 aliphatic heterocycles. The van der Waals surface area contributed by atoms with Gasteiger partial charge in [-0.1, -0.05) is 30.3 Å². The van der Waals surface area contributed by atoms with E-state index in [1.807, 2.05) is 6.07 Å². The van der Waals surface area contributed by atoms with Crippen molar-refractivity contribution in [1.82, 2.24) is 4.90 Å². The first kappa shape index (κ1) is 12.7. The van der Waals surface area contributed by atoms with Crippen molar-refractivity contribution in [2.24, 2.45) is 0 Å². The molecule has 108 valence electrons. The maximum absolute atomic E-state index is 9.98. The van der Waals surface area contributed by atoms with E-state index in [1.165, 1.54) is 24.0 Å². The summed E-state index contributed by atoms with van der Waals surface area (Å²) in [4.78, 5) is 2.37. The molecule has 2 N–H and O–H groups in total. The average Bonchev–Trinajstić information content (AvgIpc) is 3.09.